The van der Waals surface area contributed by atoms with E-state index in [1.807, 2.05) is 23.2 Å². The number of aromatic nitrogens is 4. The Bertz CT molecular complexity index is 452. The van der Waals surface area contributed by atoms with Gasteiger partial charge in [-0.15, -0.1) is 0 Å². The van der Waals surface area contributed by atoms with E-state index in [2.05, 4.69) is 34.1 Å². The van der Waals surface area contributed by atoms with Crippen molar-refractivity contribution < 1.29 is 0 Å². The van der Waals surface area contributed by atoms with E-state index in [4.69, 9.17) is 0 Å². The largest absolute Gasteiger partial charge is 0.366 e. The van der Waals surface area contributed by atoms with Crippen molar-refractivity contribution >= 4 is 5.82 Å². The van der Waals surface area contributed by atoms with Gasteiger partial charge in [0, 0.05) is 36.7 Å². The van der Waals surface area contributed by atoms with Crippen molar-refractivity contribution in [1.82, 2.24) is 19.5 Å². The number of imidazole rings is 1. The lowest BCUT2D eigenvalue weighted by Crippen LogP contribution is -2.22. The normalized spacial score (nSPS) is 12.4. The van der Waals surface area contributed by atoms with Gasteiger partial charge in [-0.1, -0.05) is 6.92 Å². The van der Waals surface area contributed by atoms with Crippen LogP contribution in [0.5, 0.6) is 0 Å². The van der Waals surface area contributed by atoms with Gasteiger partial charge in [-0.05, 0) is 13.3 Å². The molecule has 5 heteroatoms. The van der Waals surface area contributed by atoms with Crippen LogP contribution < -0.4 is 5.32 Å². The second-order valence-electron chi connectivity index (χ2n) is 4.05. The molecular weight excluding hydrogens is 214 g/mol. The van der Waals surface area contributed by atoms with Crippen LogP contribution in [-0.4, -0.2) is 25.6 Å². The van der Waals surface area contributed by atoms with Crippen LogP contribution in [0.2, 0.25) is 0 Å². The van der Waals surface area contributed by atoms with Crippen LogP contribution >= 0.6 is 0 Å². The van der Waals surface area contributed by atoms with Gasteiger partial charge in [0.1, 0.15) is 12.1 Å². The summed E-state index contributed by atoms with van der Waals surface area (Å²) in [6.07, 6.45) is 8.08. The highest BCUT2D eigenvalue weighted by atomic mass is 15.1. The third-order valence-corrected chi connectivity index (χ3v) is 2.52. The first kappa shape index (κ1) is 11.6. The zero-order chi connectivity index (χ0) is 12.1. The molecule has 2 aromatic heterocycles. The third-order valence-electron chi connectivity index (χ3n) is 2.52. The Morgan fingerprint density at radius 3 is 3.00 bits per heavy atom. The fourth-order valence-corrected chi connectivity index (χ4v) is 1.68. The number of nitrogens with one attached hydrogen (secondary N) is 1. The molecule has 1 unspecified atom stereocenters. The summed E-state index contributed by atoms with van der Waals surface area (Å²) in [5, 5.41) is 3.36. The summed E-state index contributed by atoms with van der Waals surface area (Å²) in [5.41, 5.74) is 1.05. The highest BCUT2D eigenvalue weighted by molar-refractivity contribution is 5.35. The quantitative estimate of drug-likeness (QED) is 0.851. The van der Waals surface area contributed by atoms with E-state index < -0.39 is 0 Å². The van der Waals surface area contributed by atoms with Crippen molar-refractivity contribution in [2.24, 2.45) is 0 Å². The molecule has 0 fully saturated rings. The van der Waals surface area contributed by atoms with E-state index in [0.717, 1.165) is 24.5 Å². The first-order valence-corrected chi connectivity index (χ1v) is 5.81. The highest BCUT2D eigenvalue weighted by Gasteiger charge is 2.04. The fourth-order valence-electron chi connectivity index (χ4n) is 1.68. The molecule has 17 heavy (non-hydrogen) atoms. The van der Waals surface area contributed by atoms with Gasteiger partial charge in [0.25, 0.3) is 0 Å². The van der Waals surface area contributed by atoms with Crippen molar-refractivity contribution in [3.05, 3.63) is 36.8 Å². The minimum atomic E-state index is 0.295. The predicted molar refractivity (Wildman–Crippen MR) is 66.7 cm³/mol. The third kappa shape index (κ3) is 3.27. The molecule has 0 bridgehead atoms. The molecule has 0 aliphatic rings. The van der Waals surface area contributed by atoms with E-state index in [0.29, 0.717) is 6.04 Å². The SMILES string of the molecule is CCc1cc(NC(C)Cn2ccnc2)ncn1. The summed E-state index contributed by atoms with van der Waals surface area (Å²) in [7, 11) is 0. The maximum Gasteiger partial charge on any atom is 0.129 e. The molecule has 0 aliphatic heterocycles. The van der Waals surface area contributed by atoms with Crippen LogP contribution in [0.3, 0.4) is 0 Å². The maximum atomic E-state index is 4.21. The summed E-state index contributed by atoms with van der Waals surface area (Å²) >= 11 is 0. The van der Waals surface area contributed by atoms with Crippen LogP contribution in [0, 0.1) is 0 Å². The number of hydrogen-bond donors (Lipinski definition) is 1. The van der Waals surface area contributed by atoms with Gasteiger partial charge in [-0.3, -0.25) is 0 Å². The van der Waals surface area contributed by atoms with Gasteiger partial charge in [0.05, 0.1) is 6.33 Å². The van der Waals surface area contributed by atoms with Crippen molar-refractivity contribution in [3.8, 4) is 0 Å². The molecule has 0 radical (unpaired) electrons. The number of hydrogen-bond acceptors (Lipinski definition) is 4. The summed E-state index contributed by atoms with van der Waals surface area (Å²) < 4.78 is 2.04. The minimum Gasteiger partial charge on any atom is -0.366 e. The van der Waals surface area contributed by atoms with Crippen LogP contribution in [-0.2, 0) is 13.0 Å². The lowest BCUT2D eigenvalue weighted by molar-refractivity contribution is 0.616. The van der Waals surface area contributed by atoms with Crippen molar-refractivity contribution in [2.45, 2.75) is 32.9 Å². The smallest absolute Gasteiger partial charge is 0.129 e. The fraction of sp³-hybridized carbons (Fsp3) is 0.417. The molecule has 1 atom stereocenters. The standard InChI is InChI=1S/C12H17N5/c1-3-11-6-12(15-8-14-11)16-10(2)7-17-5-4-13-9-17/h4-6,8-10H,3,7H2,1-2H3,(H,14,15,16). The van der Waals surface area contributed by atoms with Gasteiger partial charge in [-0.2, -0.15) is 0 Å². The summed E-state index contributed by atoms with van der Waals surface area (Å²) in [6.45, 7) is 5.07. The summed E-state index contributed by atoms with van der Waals surface area (Å²) in [5.74, 6) is 0.879. The number of aryl methyl sites for hydroxylation is 1. The lowest BCUT2D eigenvalue weighted by Gasteiger charge is -2.15. The molecule has 0 aromatic carbocycles. The molecule has 0 amide bonds. The van der Waals surface area contributed by atoms with Gasteiger partial charge in [0.2, 0.25) is 0 Å². The Kier molecular flexibility index (Phi) is 3.69. The van der Waals surface area contributed by atoms with Crippen LogP contribution in [0.25, 0.3) is 0 Å². The van der Waals surface area contributed by atoms with E-state index >= 15 is 0 Å². The van der Waals surface area contributed by atoms with Crippen molar-refractivity contribution in [3.63, 3.8) is 0 Å². The average molecular weight is 231 g/mol. The molecule has 2 rings (SSSR count). The maximum absolute atomic E-state index is 4.21. The second-order valence-corrected chi connectivity index (χ2v) is 4.05. The topological polar surface area (TPSA) is 55.6 Å². The zero-order valence-electron chi connectivity index (χ0n) is 10.2. The molecule has 5 nitrogen and oxygen atoms in total. The molecule has 0 aliphatic carbocycles. The van der Waals surface area contributed by atoms with Gasteiger partial charge in [-0.25, -0.2) is 15.0 Å². The molecule has 2 aromatic rings. The van der Waals surface area contributed by atoms with Crippen LogP contribution in [0.4, 0.5) is 5.82 Å². The monoisotopic (exact) mass is 231 g/mol. The lowest BCUT2D eigenvalue weighted by atomic mass is 10.3. The molecule has 0 spiro atoms. The van der Waals surface area contributed by atoms with E-state index in [-0.39, 0.29) is 0 Å². The Labute approximate surface area is 101 Å². The first-order chi connectivity index (χ1) is 8.28. The molecule has 1 N–H and O–H groups in total. The van der Waals surface area contributed by atoms with Gasteiger partial charge < -0.3 is 9.88 Å². The highest BCUT2D eigenvalue weighted by Crippen LogP contribution is 2.07. The van der Waals surface area contributed by atoms with E-state index in [1.54, 1.807) is 12.5 Å². The first-order valence-electron chi connectivity index (χ1n) is 5.81. The number of nitrogens with zero attached hydrogens (tertiary/aromatic N) is 4. The van der Waals surface area contributed by atoms with Crippen molar-refractivity contribution in [2.75, 3.05) is 5.32 Å². The van der Waals surface area contributed by atoms with Crippen LogP contribution in [0.1, 0.15) is 19.5 Å². The number of anilines is 1. The molecule has 90 valence electrons. The Balaban J connectivity index is 1.95. The average Bonchev–Trinajstić information content (AvgIpc) is 2.82. The Hall–Kier alpha value is -1.91. The summed E-state index contributed by atoms with van der Waals surface area (Å²) in [6, 6.07) is 2.29. The molecule has 2 heterocycles. The summed E-state index contributed by atoms with van der Waals surface area (Å²) in [4.78, 5) is 12.4. The van der Waals surface area contributed by atoms with Gasteiger partial charge >= 0.3 is 0 Å². The van der Waals surface area contributed by atoms with Gasteiger partial charge in [0.15, 0.2) is 0 Å². The van der Waals surface area contributed by atoms with E-state index in [1.165, 1.54) is 0 Å². The second kappa shape index (κ2) is 5.43. The zero-order valence-corrected chi connectivity index (χ0v) is 10.2. The Morgan fingerprint density at radius 2 is 2.29 bits per heavy atom. The minimum absolute atomic E-state index is 0.295. The molecule has 0 saturated heterocycles. The van der Waals surface area contributed by atoms with E-state index in [9.17, 15) is 0 Å². The van der Waals surface area contributed by atoms with Crippen molar-refractivity contribution in [1.29, 1.82) is 0 Å². The number of rotatable bonds is 5. The Morgan fingerprint density at radius 1 is 1.41 bits per heavy atom. The molecular formula is C12H17N5. The predicted octanol–water partition coefficient (Wildman–Crippen LogP) is 1.74. The molecule has 0 saturated carbocycles. The van der Waals surface area contributed by atoms with Crippen LogP contribution in [0.15, 0.2) is 31.1 Å².